The van der Waals surface area contributed by atoms with Crippen LogP contribution >= 0.6 is 0 Å². The molecule has 2 amide bonds. The Bertz CT molecular complexity index is 586. The highest BCUT2D eigenvalue weighted by Gasteiger charge is 2.05. The van der Waals surface area contributed by atoms with Crippen LogP contribution in [0.2, 0.25) is 0 Å². The van der Waals surface area contributed by atoms with Gasteiger partial charge in [0.2, 0.25) is 11.8 Å². The minimum Gasteiger partial charge on any atom is -0.463 e. The van der Waals surface area contributed by atoms with Crippen molar-refractivity contribution in [2.24, 2.45) is 10.2 Å². The first kappa shape index (κ1) is 15.2. The molecule has 8 nitrogen and oxygen atoms in total. The van der Waals surface area contributed by atoms with E-state index in [0.717, 1.165) is 0 Å². The Morgan fingerprint density at radius 2 is 1.36 bits per heavy atom. The molecule has 0 saturated carbocycles. The number of amides is 2. The van der Waals surface area contributed by atoms with Crippen LogP contribution in [0.15, 0.2) is 55.8 Å². The van der Waals surface area contributed by atoms with Crippen LogP contribution in [-0.2, 0) is 9.59 Å². The first-order valence-corrected chi connectivity index (χ1v) is 6.45. The van der Waals surface area contributed by atoms with Crippen molar-refractivity contribution in [2.75, 3.05) is 0 Å². The fourth-order valence-corrected chi connectivity index (χ4v) is 1.40. The summed E-state index contributed by atoms with van der Waals surface area (Å²) in [6.45, 7) is 0. The van der Waals surface area contributed by atoms with E-state index in [9.17, 15) is 9.59 Å². The second-order valence-electron chi connectivity index (χ2n) is 4.12. The number of furan rings is 2. The molecule has 22 heavy (non-hydrogen) atoms. The van der Waals surface area contributed by atoms with Crippen LogP contribution < -0.4 is 10.9 Å². The Morgan fingerprint density at radius 3 is 1.73 bits per heavy atom. The molecule has 2 rings (SSSR count). The molecule has 2 N–H and O–H groups in total. The van der Waals surface area contributed by atoms with Crippen molar-refractivity contribution in [1.29, 1.82) is 0 Å². The highest BCUT2D eigenvalue weighted by Crippen LogP contribution is 1.96. The molecule has 0 spiro atoms. The molecule has 8 heteroatoms. The number of nitrogens with one attached hydrogen (secondary N) is 2. The lowest BCUT2D eigenvalue weighted by molar-refractivity contribution is -0.126. The van der Waals surface area contributed by atoms with Crippen molar-refractivity contribution in [3.8, 4) is 0 Å². The van der Waals surface area contributed by atoms with Crippen LogP contribution in [0.1, 0.15) is 24.4 Å². The van der Waals surface area contributed by atoms with Gasteiger partial charge in [-0.2, -0.15) is 10.2 Å². The molecule has 114 valence electrons. The molecule has 0 radical (unpaired) electrons. The topological polar surface area (TPSA) is 109 Å². The molecule has 0 aliphatic rings. The molecule has 0 unspecified atom stereocenters. The standard InChI is InChI=1S/C14H14N4O4/c19-13(17-15-9-11-3-1-7-21-11)5-6-14(20)18-16-10-12-4-2-8-22-12/h1-4,7-10H,5-6H2,(H,17,19)(H,18,20)/b15-9-,16-10-. The maximum Gasteiger partial charge on any atom is 0.240 e. The van der Waals surface area contributed by atoms with Gasteiger partial charge in [0, 0.05) is 12.8 Å². The van der Waals surface area contributed by atoms with E-state index in [1.165, 1.54) is 25.0 Å². The van der Waals surface area contributed by atoms with E-state index in [-0.39, 0.29) is 24.7 Å². The van der Waals surface area contributed by atoms with Crippen molar-refractivity contribution < 1.29 is 18.4 Å². The maximum atomic E-state index is 11.4. The number of hydrazone groups is 2. The van der Waals surface area contributed by atoms with Crippen molar-refractivity contribution in [3.63, 3.8) is 0 Å². The van der Waals surface area contributed by atoms with Crippen molar-refractivity contribution in [1.82, 2.24) is 10.9 Å². The predicted octanol–water partition coefficient (Wildman–Crippen LogP) is 1.25. The fraction of sp³-hybridized carbons (Fsp3) is 0.143. The molecular weight excluding hydrogens is 288 g/mol. The Kier molecular flexibility index (Phi) is 5.68. The van der Waals surface area contributed by atoms with Gasteiger partial charge < -0.3 is 8.83 Å². The van der Waals surface area contributed by atoms with E-state index >= 15 is 0 Å². The van der Waals surface area contributed by atoms with Gasteiger partial charge in [-0.1, -0.05) is 0 Å². The second-order valence-corrected chi connectivity index (χ2v) is 4.12. The molecule has 0 fully saturated rings. The van der Waals surface area contributed by atoms with Crippen LogP contribution in [0.4, 0.5) is 0 Å². The summed E-state index contributed by atoms with van der Waals surface area (Å²) in [5, 5.41) is 7.39. The van der Waals surface area contributed by atoms with Crippen LogP contribution in [0.3, 0.4) is 0 Å². The van der Waals surface area contributed by atoms with Crippen LogP contribution in [0.5, 0.6) is 0 Å². The lowest BCUT2D eigenvalue weighted by Crippen LogP contribution is -2.22. The number of carbonyl (C=O) groups is 2. The van der Waals surface area contributed by atoms with Crippen molar-refractivity contribution >= 4 is 24.2 Å². The third-order valence-electron chi connectivity index (χ3n) is 2.43. The summed E-state index contributed by atoms with van der Waals surface area (Å²) >= 11 is 0. The molecule has 0 aromatic carbocycles. The third kappa shape index (κ3) is 5.45. The van der Waals surface area contributed by atoms with Gasteiger partial charge in [0.1, 0.15) is 11.5 Å². The van der Waals surface area contributed by atoms with Gasteiger partial charge in [-0.15, -0.1) is 0 Å². The minimum absolute atomic E-state index is 0.00238. The summed E-state index contributed by atoms with van der Waals surface area (Å²) in [4.78, 5) is 22.9. The summed E-state index contributed by atoms with van der Waals surface area (Å²) in [6, 6.07) is 6.80. The van der Waals surface area contributed by atoms with Crippen LogP contribution in [0, 0.1) is 0 Å². The maximum absolute atomic E-state index is 11.4. The zero-order chi connectivity index (χ0) is 15.6. The second kappa shape index (κ2) is 8.20. The van der Waals surface area contributed by atoms with Crippen molar-refractivity contribution in [3.05, 3.63) is 48.3 Å². The number of rotatable bonds is 7. The van der Waals surface area contributed by atoms with Gasteiger partial charge in [0.25, 0.3) is 0 Å². The van der Waals surface area contributed by atoms with Gasteiger partial charge in [-0.3, -0.25) is 9.59 Å². The molecule has 0 bridgehead atoms. The largest absolute Gasteiger partial charge is 0.463 e. The number of carbonyl (C=O) groups excluding carboxylic acids is 2. The minimum atomic E-state index is -0.382. The van der Waals surface area contributed by atoms with E-state index in [2.05, 4.69) is 21.1 Å². The van der Waals surface area contributed by atoms with E-state index in [1.54, 1.807) is 24.3 Å². The summed E-state index contributed by atoms with van der Waals surface area (Å²) in [6.07, 6.45) is 5.72. The molecule has 0 aliphatic heterocycles. The Hall–Kier alpha value is -3.16. The van der Waals surface area contributed by atoms with Gasteiger partial charge in [-0.05, 0) is 24.3 Å². The fourth-order valence-electron chi connectivity index (χ4n) is 1.40. The summed E-state index contributed by atoms with van der Waals surface area (Å²) in [5.74, 6) is 0.275. The first-order chi connectivity index (χ1) is 10.7. The highest BCUT2D eigenvalue weighted by molar-refractivity contribution is 5.85. The average Bonchev–Trinajstić information content (AvgIpc) is 3.18. The van der Waals surface area contributed by atoms with Crippen LogP contribution in [-0.4, -0.2) is 24.2 Å². The molecule has 2 aromatic heterocycles. The summed E-state index contributed by atoms with van der Waals surface area (Å²) in [7, 11) is 0. The van der Waals surface area contributed by atoms with Crippen molar-refractivity contribution in [2.45, 2.75) is 12.8 Å². The average molecular weight is 302 g/mol. The number of nitrogens with zero attached hydrogens (tertiary/aromatic N) is 2. The third-order valence-corrected chi connectivity index (χ3v) is 2.43. The zero-order valence-electron chi connectivity index (χ0n) is 11.6. The highest BCUT2D eigenvalue weighted by atomic mass is 16.3. The van der Waals surface area contributed by atoms with Gasteiger partial charge in [0.05, 0.1) is 25.0 Å². The lowest BCUT2D eigenvalue weighted by Gasteiger charge is -1.99. The Morgan fingerprint density at radius 1 is 0.909 bits per heavy atom. The Balaban J connectivity index is 1.62. The molecule has 2 heterocycles. The molecule has 0 aliphatic carbocycles. The van der Waals surface area contributed by atoms with Gasteiger partial charge in [0.15, 0.2) is 0 Å². The monoisotopic (exact) mass is 302 g/mol. The SMILES string of the molecule is O=C(CCC(=O)N/N=C\c1ccco1)N/N=C\c1ccco1. The zero-order valence-corrected chi connectivity index (χ0v) is 11.6. The van der Waals surface area contributed by atoms with E-state index in [4.69, 9.17) is 8.83 Å². The molecule has 0 atom stereocenters. The first-order valence-electron chi connectivity index (χ1n) is 6.45. The molecule has 2 aromatic rings. The predicted molar refractivity (Wildman–Crippen MR) is 78.1 cm³/mol. The normalized spacial score (nSPS) is 11.1. The van der Waals surface area contributed by atoms with Crippen LogP contribution in [0.25, 0.3) is 0 Å². The van der Waals surface area contributed by atoms with E-state index in [0.29, 0.717) is 11.5 Å². The van der Waals surface area contributed by atoms with E-state index in [1.807, 2.05) is 0 Å². The van der Waals surface area contributed by atoms with Gasteiger partial charge >= 0.3 is 0 Å². The lowest BCUT2D eigenvalue weighted by atomic mass is 10.3. The van der Waals surface area contributed by atoms with Gasteiger partial charge in [-0.25, -0.2) is 10.9 Å². The number of hydrogen-bond acceptors (Lipinski definition) is 6. The summed E-state index contributed by atoms with van der Waals surface area (Å²) in [5.41, 5.74) is 4.58. The quantitative estimate of drug-likeness (QED) is 0.592. The molecular formula is C14H14N4O4. The Labute approximate surface area is 125 Å². The smallest absolute Gasteiger partial charge is 0.240 e. The summed E-state index contributed by atoms with van der Waals surface area (Å²) < 4.78 is 10.0. The van der Waals surface area contributed by atoms with E-state index < -0.39 is 0 Å². The molecule has 0 saturated heterocycles. The number of hydrogen-bond donors (Lipinski definition) is 2.